The molecular weight excluding hydrogens is 211 g/mol. The van der Waals surface area contributed by atoms with E-state index in [1.165, 1.54) is 0 Å². The number of hydrogen-bond donors (Lipinski definition) is 2. The van der Waals surface area contributed by atoms with Crippen molar-refractivity contribution in [1.82, 2.24) is 10.6 Å². The Morgan fingerprint density at radius 3 is 2.53 bits per heavy atom. The molecule has 84 valence electrons. The summed E-state index contributed by atoms with van der Waals surface area (Å²) < 4.78 is 35.1. The first-order chi connectivity index (χ1) is 6.92. The largest absolute Gasteiger partial charge is 0.405 e. The van der Waals surface area contributed by atoms with E-state index in [0.29, 0.717) is 0 Å². The SMILES string of the molecule is N#CC(NC(=O)NCC(F)(F)F)C1CC1. The number of amides is 2. The van der Waals surface area contributed by atoms with E-state index < -0.39 is 24.8 Å². The van der Waals surface area contributed by atoms with Crippen molar-refractivity contribution < 1.29 is 18.0 Å². The van der Waals surface area contributed by atoms with Gasteiger partial charge in [-0.15, -0.1) is 0 Å². The van der Waals surface area contributed by atoms with E-state index in [9.17, 15) is 18.0 Å². The number of alkyl halides is 3. The minimum atomic E-state index is -4.43. The smallest absolute Gasteiger partial charge is 0.329 e. The van der Waals surface area contributed by atoms with Gasteiger partial charge < -0.3 is 10.6 Å². The first-order valence-electron chi connectivity index (χ1n) is 4.43. The Bertz CT molecular complexity index is 280. The average Bonchev–Trinajstić information content (AvgIpc) is 2.93. The first kappa shape index (κ1) is 11.6. The molecule has 1 aliphatic rings. The summed E-state index contributed by atoms with van der Waals surface area (Å²) in [5.74, 6) is 0.0895. The van der Waals surface area contributed by atoms with E-state index in [-0.39, 0.29) is 5.92 Å². The second kappa shape index (κ2) is 4.38. The standard InChI is InChI=1S/C8H10F3N3O/c9-8(10,11)4-13-7(15)14-6(3-12)5-1-2-5/h5-6H,1-2,4H2,(H2,13,14,15). The highest BCUT2D eigenvalue weighted by molar-refractivity contribution is 5.74. The van der Waals surface area contributed by atoms with E-state index >= 15 is 0 Å². The predicted octanol–water partition coefficient (Wildman–Crippen LogP) is 1.15. The van der Waals surface area contributed by atoms with Gasteiger partial charge in [-0.3, -0.25) is 0 Å². The van der Waals surface area contributed by atoms with Gasteiger partial charge >= 0.3 is 12.2 Å². The molecule has 1 aliphatic carbocycles. The fraction of sp³-hybridized carbons (Fsp3) is 0.750. The predicted molar refractivity (Wildman–Crippen MR) is 44.7 cm³/mol. The topological polar surface area (TPSA) is 64.9 Å². The zero-order chi connectivity index (χ0) is 11.5. The van der Waals surface area contributed by atoms with Crippen LogP contribution in [0.1, 0.15) is 12.8 Å². The molecular formula is C8H10F3N3O. The molecule has 1 unspecified atom stereocenters. The summed E-state index contributed by atoms with van der Waals surface area (Å²) in [6, 6.07) is 0.204. The van der Waals surface area contributed by atoms with Crippen LogP contribution in [0.4, 0.5) is 18.0 Å². The molecule has 0 aromatic rings. The Kier molecular flexibility index (Phi) is 3.39. The Morgan fingerprint density at radius 1 is 1.53 bits per heavy atom. The molecule has 0 aliphatic heterocycles. The second-order valence-corrected chi connectivity index (χ2v) is 3.39. The molecule has 4 nitrogen and oxygen atoms in total. The average molecular weight is 221 g/mol. The lowest BCUT2D eigenvalue weighted by Gasteiger charge is -2.12. The molecule has 0 bridgehead atoms. The number of carbonyl (C=O) groups is 1. The molecule has 1 fully saturated rings. The van der Waals surface area contributed by atoms with Gasteiger partial charge in [0.15, 0.2) is 0 Å². The van der Waals surface area contributed by atoms with Crippen molar-refractivity contribution in [3.8, 4) is 6.07 Å². The molecule has 7 heteroatoms. The molecule has 1 atom stereocenters. The third-order valence-corrected chi connectivity index (χ3v) is 1.97. The third kappa shape index (κ3) is 4.54. The molecule has 15 heavy (non-hydrogen) atoms. The highest BCUT2D eigenvalue weighted by atomic mass is 19.4. The number of hydrogen-bond acceptors (Lipinski definition) is 2. The number of nitriles is 1. The summed E-state index contributed by atoms with van der Waals surface area (Å²) in [6.45, 7) is -1.39. The maximum absolute atomic E-state index is 11.7. The lowest BCUT2D eigenvalue weighted by Crippen LogP contribution is -2.45. The Morgan fingerprint density at radius 2 is 2.13 bits per heavy atom. The van der Waals surface area contributed by atoms with Crippen LogP contribution in [0.2, 0.25) is 0 Å². The number of nitrogens with one attached hydrogen (secondary N) is 2. The Labute approximate surface area is 84.4 Å². The maximum atomic E-state index is 11.7. The number of carbonyl (C=O) groups excluding carboxylic acids is 1. The van der Waals surface area contributed by atoms with Crippen LogP contribution in [0, 0.1) is 17.2 Å². The minimum absolute atomic E-state index is 0.0895. The Balaban J connectivity index is 2.26. The van der Waals surface area contributed by atoms with Gasteiger partial charge in [0, 0.05) is 0 Å². The quantitative estimate of drug-likeness (QED) is 0.750. The van der Waals surface area contributed by atoms with Crippen LogP contribution in [-0.4, -0.2) is 24.8 Å². The fourth-order valence-corrected chi connectivity index (χ4v) is 1.06. The summed E-state index contributed by atoms with van der Waals surface area (Å²) in [5.41, 5.74) is 0. The van der Waals surface area contributed by atoms with Crippen molar-refractivity contribution in [3.05, 3.63) is 0 Å². The Hall–Kier alpha value is -1.45. The molecule has 0 spiro atoms. The summed E-state index contributed by atoms with van der Waals surface area (Å²) >= 11 is 0. The molecule has 1 rings (SSSR count). The van der Waals surface area contributed by atoms with Crippen LogP contribution in [0.15, 0.2) is 0 Å². The van der Waals surface area contributed by atoms with Gasteiger partial charge in [0.2, 0.25) is 0 Å². The van der Waals surface area contributed by atoms with Gasteiger partial charge in [-0.05, 0) is 18.8 Å². The first-order valence-corrected chi connectivity index (χ1v) is 4.43. The van der Waals surface area contributed by atoms with Crippen LogP contribution >= 0.6 is 0 Å². The number of nitrogens with zero attached hydrogens (tertiary/aromatic N) is 1. The third-order valence-electron chi connectivity index (χ3n) is 1.97. The highest BCUT2D eigenvalue weighted by Gasteiger charge is 2.33. The van der Waals surface area contributed by atoms with Crippen LogP contribution in [0.3, 0.4) is 0 Å². The number of urea groups is 1. The molecule has 0 saturated heterocycles. The van der Waals surface area contributed by atoms with Crippen LogP contribution < -0.4 is 10.6 Å². The van der Waals surface area contributed by atoms with E-state index in [4.69, 9.17) is 5.26 Å². The van der Waals surface area contributed by atoms with Crippen LogP contribution in [0.5, 0.6) is 0 Å². The van der Waals surface area contributed by atoms with Crippen LogP contribution in [-0.2, 0) is 0 Å². The fourth-order valence-electron chi connectivity index (χ4n) is 1.06. The van der Waals surface area contributed by atoms with Crippen molar-refractivity contribution in [1.29, 1.82) is 5.26 Å². The van der Waals surface area contributed by atoms with Crippen LogP contribution in [0.25, 0.3) is 0 Å². The molecule has 2 amide bonds. The lowest BCUT2D eigenvalue weighted by molar-refractivity contribution is -0.122. The second-order valence-electron chi connectivity index (χ2n) is 3.39. The number of rotatable bonds is 3. The van der Waals surface area contributed by atoms with Crippen molar-refractivity contribution >= 4 is 6.03 Å². The molecule has 2 N–H and O–H groups in total. The van der Waals surface area contributed by atoms with Gasteiger partial charge in [-0.1, -0.05) is 0 Å². The molecule has 0 aromatic heterocycles. The van der Waals surface area contributed by atoms with Gasteiger partial charge in [0.05, 0.1) is 6.07 Å². The zero-order valence-electron chi connectivity index (χ0n) is 7.77. The highest BCUT2D eigenvalue weighted by Crippen LogP contribution is 2.32. The van der Waals surface area contributed by atoms with Crippen molar-refractivity contribution in [3.63, 3.8) is 0 Å². The maximum Gasteiger partial charge on any atom is 0.405 e. The summed E-state index contributed by atoms with van der Waals surface area (Å²) in [6.07, 6.45) is -2.77. The van der Waals surface area contributed by atoms with Gasteiger partial charge in [0.25, 0.3) is 0 Å². The van der Waals surface area contributed by atoms with Gasteiger partial charge in [-0.25, -0.2) is 4.79 Å². The molecule has 0 aromatic carbocycles. The summed E-state index contributed by atoms with van der Waals surface area (Å²) in [7, 11) is 0. The number of halogens is 3. The molecule has 0 radical (unpaired) electrons. The van der Waals surface area contributed by atoms with E-state index in [1.54, 1.807) is 5.32 Å². The van der Waals surface area contributed by atoms with Crippen molar-refractivity contribution in [2.45, 2.75) is 25.1 Å². The van der Waals surface area contributed by atoms with E-state index in [0.717, 1.165) is 12.8 Å². The summed E-state index contributed by atoms with van der Waals surface area (Å²) in [5, 5.41) is 12.4. The van der Waals surface area contributed by atoms with Crippen molar-refractivity contribution in [2.75, 3.05) is 6.54 Å². The van der Waals surface area contributed by atoms with Gasteiger partial charge in [-0.2, -0.15) is 18.4 Å². The zero-order valence-corrected chi connectivity index (χ0v) is 7.77. The monoisotopic (exact) mass is 221 g/mol. The minimum Gasteiger partial charge on any atom is -0.329 e. The summed E-state index contributed by atoms with van der Waals surface area (Å²) in [4.78, 5) is 10.9. The molecule has 1 saturated carbocycles. The van der Waals surface area contributed by atoms with Gasteiger partial charge in [0.1, 0.15) is 12.6 Å². The van der Waals surface area contributed by atoms with E-state index in [1.807, 2.05) is 6.07 Å². The normalized spacial score (nSPS) is 17.7. The van der Waals surface area contributed by atoms with E-state index in [2.05, 4.69) is 5.32 Å². The lowest BCUT2D eigenvalue weighted by atomic mass is 10.2. The van der Waals surface area contributed by atoms with Crippen molar-refractivity contribution in [2.24, 2.45) is 5.92 Å². The molecule has 0 heterocycles.